The Hall–Kier alpha value is -2.31. The Balaban J connectivity index is 1.53. The number of ether oxygens (including phenoxy) is 1. The summed E-state index contributed by atoms with van der Waals surface area (Å²) in [5, 5.41) is 3.20. The van der Waals surface area contributed by atoms with E-state index in [0.717, 1.165) is 25.7 Å². The minimum atomic E-state index is -0.431. The van der Waals surface area contributed by atoms with Crippen LogP contribution >= 0.6 is 0 Å². The molecular formula is C23H35N3O4. The van der Waals surface area contributed by atoms with Gasteiger partial charge in [-0.05, 0) is 57.9 Å². The van der Waals surface area contributed by atoms with Crippen LogP contribution < -0.4 is 5.32 Å². The van der Waals surface area contributed by atoms with E-state index >= 15 is 0 Å². The predicted octanol–water partition coefficient (Wildman–Crippen LogP) is 3.50. The molecule has 1 aliphatic heterocycles. The van der Waals surface area contributed by atoms with Gasteiger partial charge in [0.2, 0.25) is 5.91 Å². The Morgan fingerprint density at radius 1 is 1.07 bits per heavy atom. The number of hydrogen-bond donors (Lipinski definition) is 2. The van der Waals surface area contributed by atoms with Crippen LogP contribution in [0.1, 0.15) is 90.4 Å². The molecule has 2 aliphatic rings. The molecule has 30 heavy (non-hydrogen) atoms. The van der Waals surface area contributed by atoms with E-state index in [1.807, 2.05) is 11.8 Å². The molecule has 2 heterocycles. The van der Waals surface area contributed by atoms with E-state index in [1.165, 1.54) is 19.3 Å². The first kappa shape index (κ1) is 22.4. The smallest absolute Gasteiger partial charge is 0.355 e. The Kier molecular flexibility index (Phi) is 7.56. The van der Waals surface area contributed by atoms with E-state index in [0.29, 0.717) is 60.6 Å². The molecule has 1 aromatic rings. The van der Waals surface area contributed by atoms with Gasteiger partial charge in [-0.1, -0.05) is 19.3 Å². The summed E-state index contributed by atoms with van der Waals surface area (Å²) >= 11 is 0. The Morgan fingerprint density at radius 3 is 2.37 bits per heavy atom. The van der Waals surface area contributed by atoms with Crippen LogP contribution in [0.3, 0.4) is 0 Å². The molecule has 166 valence electrons. The molecule has 1 saturated carbocycles. The summed E-state index contributed by atoms with van der Waals surface area (Å²) < 4.78 is 5.07. The molecule has 1 aliphatic carbocycles. The monoisotopic (exact) mass is 417 g/mol. The van der Waals surface area contributed by atoms with Crippen molar-refractivity contribution in [2.75, 3.05) is 19.7 Å². The number of piperidine rings is 1. The number of carbonyl (C=O) groups is 3. The molecule has 7 heteroatoms. The molecule has 2 amide bonds. The summed E-state index contributed by atoms with van der Waals surface area (Å²) in [6.45, 7) is 6.92. The molecular weight excluding hydrogens is 382 g/mol. The molecule has 1 aromatic heterocycles. The van der Waals surface area contributed by atoms with E-state index in [2.05, 4.69) is 10.3 Å². The fraction of sp³-hybridized carbons (Fsp3) is 0.696. The number of hydrogen-bond acceptors (Lipinski definition) is 4. The second-order valence-electron chi connectivity index (χ2n) is 8.69. The van der Waals surface area contributed by atoms with Crippen LogP contribution in [-0.2, 0) is 9.53 Å². The number of esters is 1. The summed E-state index contributed by atoms with van der Waals surface area (Å²) in [7, 11) is 0. The fourth-order valence-electron chi connectivity index (χ4n) is 4.77. The van der Waals surface area contributed by atoms with E-state index in [-0.39, 0.29) is 11.8 Å². The first-order valence-corrected chi connectivity index (χ1v) is 11.4. The average Bonchev–Trinajstić information content (AvgIpc) is 3.03. The number of nitrogens with one attached hydrogen (secondary N) is 2. The number of aromatic nitrogens is 1. The van der Waals surface area contributed by atoms with Crippen molar-refractivity contribution in [2.45, 2.75) is 78.2 Å². The number of amides is 2. The Morgan fingerprint density at radius 2 is 1.73 bits per heavy atom. The third-order valence-corrected chi connectivity index (χ3v) is 6.48. The zero-order valence-electron chi connectivity index (χ0n) is 18.5. The lowest BCUT2D eigenvalue weighted by molar-refractivity contribution is -0.123. The maximum Gasteiger partial charge on any atom is 0.355 e. The summed E-state index contributed by atoms with van der Waals surface area (Å²) in [6.07, 6.45) is 8.11. The van der Waals surface area contributed by atoms with E-state index in [9.17, 15) is 14.4 Å². The first-order chi connectivity index (χ1) is 14.4. The Labute approximate surface area is 178 Å². The SMILES string of the molecule is CCOC(=O)c1[nH]c(C)c(C(=O)N2CCC(CC(=O)NC3CCCCC3)CC2)c1C. The van der Waals surface area contributed by atoms with Crippen molar-refractivity contribution >= 4 is 17.8 Å². The number of H-pyrrole nitrogens is 1. The van der Waals surface area contributed by atoms with Gasteiger partial charge in [-0.25, -0.2) is 4.79 Å². The van der Waals surface area contributed by atoms with Crippen LogP contribution in [0.4, 0.5) is 0 Å². The number of likely N-dealkylation sites (tertiary alicyclic amines) is 1. The first-order valence-electron chi connectivity index (χ1n) is 11.4. The van der Waals surface area contributed by atoms with Crippen molar-refractivity contribution in [3.8, 4) is 0 Å². The molecule has 0 unspecified atom stereocenters. The standard InChI is InChI=1S/C23H35N3O4/c1-4-30-23(29)21-15(2)20(16(3)24-21)22(28)26-12-10-17(11-13-26)14-19(27)25-18-8-6-5-7-9-18/h17-18,24H,4-14H2,1-3H3,(H,25,27). The van der Waals surface area contributed by atoms with Gasteiger partial charge in [0.25, 0.3) is 5.91 Å². The van der Waals surface area contributed by atoms with Gasteiger partial charge < -0.3 is 19.9 Å². The quantitative estimate of drug-likeness (QED) is 0.693. The predicted molar refractivity (Wildman–Crippen MR) is 114 cm³/mol. The zero-order chi connectivity index (χ0) is 21.7. The molecule has 1 saturated heterocycles. The maximum absolute atomic E-state index is 13.1. The van der Waals surface area contributed by atoms with Crippen molar-refractivity contribution in [1.82, 2.24) is 15.2 Å². The molecule has 2 fully saturated rings. The zero-order valence-corrected chi connectivity index (χ0v) is 18.5. The Bertz CT molecular complexity index is 772. The number of aromatic amines is 1. The third-order valence-electron chi connectivity index (χ3n) is 6.48. The molecule has 0 bridgehead atoms. The van der Waals surface area contributed by atoms with E-state index in [1.54, 1.807) is 13.8 Å². The van der Waals surface area contributed by atoms with E-state index in [4.69, 9.17) is 4.74 Å². The molecule has 2 N–H and O–H groups in total. The molecule has 0 radical (unpaired) electrons. The molecule has 0 atom stereocenters. The lowest BCUT2D eigenvalue weighted by atomic mass is 9.91. The summed E-state index contributed by atoms with van der Waals surface area (Å²) in [5.41, 5.74) is 2.25. The summed E-state index contributed by atoms with van der Waals surface area (Å²) in [5.74, 6) is -0.00836. The van der Waals surface area contributed by atoms with Crippen molar-refractivity contribution in [2.24, 2.45) is 5.92 Å². The van der Waals surface area contributed by atoms with Crippen LogP contribution in [0, 0.1) is 19.8 Å². The topological polar surface area (TPSA) is 91.5 Å². The highest BCUT2D eigenvalue weighted by molar-refractivity contribution is 6.01. The highest BCUT2D eigenvalue weighted by Crippen LogP contribution is 2.26. The van der Waals surface area contributed by atoms with Crippen LogP contribution in [0.2, 0.25) is 0 Å². The van der Waals surface area contributed by atoms with Gasteiger partial charge >= 0.3 is 5.97 Å². The van der Waals surface area contributed by atoms with Gasteiger partial charge in [0.1, 0.15) is 5.69 Å². The number of aryl methyl sites for hydroxylation is 1. The van der Waals surface area contributed by atoms with Gasteiger partial charge in [-0.15, -0.1) is 0 Å². The number of rotatable bonds is 6. The number of carbonyl (C=O) groups excluding carboxylic acids is 3. The molecule has 3 rings (SSSR count). The maximum atomic E-state index is 13.1. The van der Waals surface area contributed by atoms with Crippen LogP contribution in [-0.4, -0.2) is 53.4 Å². The summed E-state index contributed by atoms with van der Waals surface area (Å²) in [4.78, 5) is 42.4. The minimum Gasteiger partial charge on any atom is -0.461 e. The van der Waals surface area contributed by atoms with Crippen LogP contribution in [0.15, 0.2) is 0 Å². The molecule has 0 aromatic carbocycles. The molecule has 7 nitrogen and oxygen atoms in total. The lowest BCUT2D eigenvalue weighted by Crippen LogP contribution is -2.41. The second kappa shape index (κ2) is 10.1. The minimum absolute atomic E-state index is 0.0538. The highest BCUT2D eigenvalue weighted by atomic mass is 16.5. The largest absolute Gasteiger partial charge is 0.461 e. The van der Waals surface area contributed by atoms with Gasteiger partial charge in [0.15, 0.2) is 0 Å². The lowest BCUT2D eigenvalue weighted by Gasteiger charge is -2.32. The van der Waals surface area contributed by atoms with Crippen molar-refractivity contribution in [3.63, 3.8) is 0 Å². The van der Waals surface area contributed by atoms with Gasteiger partial charge in [0.05, 0.1) is 12.2 Å². The summed E-state index contributed by atoms with van der Waals surface area (Å²) in [6, 6.07) is 0.348. The van der Waals surface area contributed by atoms with Gasteiger partial charge in [0, 0.05) is 31.2 Å². The fourth-order valence-corrected chi connectivity index (χ4v) is 4.77. The highest BCUT2D eigenvalue weighted by Gasteiger charge is 2.30. The molecule has 0 spiro atoms. The average molecular weight is 418 g/mol. The number of nitrogens with zero attached hydrogens (tertiary/aromatic N) is 1. The van der Waals surface area contributed by atoms with Crippen LogP contribution in [0.25, 0.3) is 0 Å². The third kappa shape index (κ3) is 5.24. The van der Waals surface area contributed by atoms with Crippen molar-refractivity contribution in [3.05, 3.63) is 22.5 Å². The van der Waals surface area contributed by atoms with E-state index < -0.39 is 5.97 Å². The van der Waals surface area contributed by atoms with Crippen molar-refractivity contribution < 1.29 is 19.1 Å². The van der Waals surface area contributed by atoms with Gasteiger partial charge in [-0.2, -0.15) is 0 Å². The van der Waals surface area contributed by atoms with Crippen molar-refractivity contribution in [1.29, 1.82) is 0 Å². The second-order valence-corrected chi connectivity index (χ2v) is 8.69. The van der Waals surface area contributed by atoms with Crippen LogP contribution in [0.5, 0.6) is 0 Å². The normalized spacial score (nSPS) is 18.3. The van der Waals surface area contributed by atoms with Gasteiger partial charge in [-0.3, -0.25) is 9.59 Å².